The Bertz CT molecular complexity index is 649. The fraction of sp³-hybridized carbons (Fsp3) is 0.941. The van der Waals surface area contributed by atoms with E-state index in [1.807, 2.05) is 7.05 Å². The number of nitrogens with one attached hydrogen (secondary N) is 3. The number of carbonyl (C=O) groups excluding carboxylic acids is 1. The SMILES string of the molecule is CN1CNC(C2CC(Cl)C(F)C(C(=O)NNS(=O)(=O)CC3CCCCO3)C2)C1. The zero-order chi connectivity index (χ0) is 20.3. The van der Waals surface area contributed by atoms with Crippen LogP contribution in [0.2, 0.25) is 0 Å². The van der Waals surface area contributed by atoms with Crippen LogP contribution in [0.15, 0.2) is 0 Å². The van der Waals surface area contributed by atoms with Gasteiger partial charge in [0.25, 0.3) is 0 Å². The second-order valence-corrected chi connectivity index (χ2v) is 10.5. The van der Waals surface area contributed by atoms with Gasteiger partial charge in [0.2, 0.25) is 15.9 Å². The van der Waals surface area contributed by atoms with E-state index in [0.29, 0.717) is 25.9 Å². The molecule has 2 saturated heterocycles. The number of ether oxygens (including phenoxy) is 1. The monoisotopic (exact) mass is 440 g/mol. The largest absolute Gasteiger partial charge is 0.377 e. The summed E-state index contributed by atoms with van der Waals surface area (Å²) in [6.45, 7) is 2.10. The molecule has 2 heterocycles. The molecule has 0 aromatic heterocycles. The van der Waals surface area contributed by atoms with Gasteiger partial charge in [-0.3, -0.25) is 20.4 Å². The number of hydrazine groups is 1. The average molecular weight is 441 g/mol. The highest BCUT2D eigenvalue weighted by atomic mass is 35.5. The van der Waals surface area contributed by atoms with Gasteiger partial charge in [-0.05, 0) is 45.1 Å². The Labute approximate surface area is 170 Å². The molecule has 1 saturated carbocycles. The summed E-state index contributed by atoms with van der Waals surface area (Å²) in [6.07, 6.45) is 1.44. The van der Waals surface area contributed by atoms with Crippen molar-refractivity contribution in [2.45, 2.75) is 55.8 Å². The van der Waals surface area contributed by atoms with Crippen molar-refractivity contribution in [3.8, 4) is 0 Å². The molecule has 162 valence electrons. The van der Waals surface area contributed by atoms with Gasteiger partial charge in [-0.1, -0.05) is 0 Å². The summed E-state index contributed by atoms with van der Waals surface area (Å²) in [4.78, 5) is 16.7. The standard InChI is InChI=1S/C17H30ClFN4O4S/c1-23-8-15(20-10-23)11-6-13(16(19)14(18)7-11)17(24)21-22-28(25,26)9-12-4-2-3-5-27-12/h11-16,20,22H,2-10H2,1H3,(H,21,24). The lowest BCUT2D eigenvalue weighted by molar-refractivity contribution is -0.129. The van der Waals surface area contributed by atoms with Crippen LogP contribution in [0, 0.1) is 11.8 Å². The van der Waals surface area contributed by atoms with Crippen LogP contribution in [0.3, 0.4) is 0 Å². The lowest BCUT2D eigenvalue weighted by atomic mass is 9.76. The second-order valence-electron chi connectivity index (χ2n) is 8.17. The molecule has 0 aromatic carbocycles. The quantitative estimate of drug-likeness (QED) is 0.407. The van der Waals surface area contributed by atoms with Crippen molar-refractivity contribution >= 4 is 27.5 Å². The van der Waals surface area contributed by atoms with Gasteiger partial charge in [0.1, 0.15) is 6.17 Å². The summed E-state index contributed by atoms with van der Waals surface area (Å²) in [6, 6.07) is 0.147. The third-order valence-corrected chi connectivity index (χ3v) is 7.50. The lowest BCUT2D eigenvalue weighted by Crippen LogP contribution is -2.53. The van der Waals surface area contributed by atoms with Gasteiger partial charge in [-0.15, -0.1) is 16.4 Å². The fourth-order valence-corrected chi connectivity index (χ4v) is 5.80. The average Bonchev–Trinajstić information content (AvgIpc) is 3.09. The van der Waals surface area contributed by atoms with Crippen molar-refractivity contribution < 1.29 is 22.3 Å². The number of carbonyl (C=O) groups is 1. The maximum Gasteiger partial charge on any atom is 0.241 e. The number of sulfonamides is 1. The van der Waals surface area contributed by atoms with Gasteiger partial charge >= 0.3 is 0 Å². The zero-order valence-electron chi connectivity index (χ0n) is 16.1. The molecule has 1 amide bonds. The maximum absolute atomic E-state index is 14.6. The van der Waals surface area contributed by atoms with E-state index in [4.69, 9.17) is 16.3 Å². The van der Waals surface area contributed by atoms with E-state index in [1.54, 1.807) is 0 Å². The molecule has 0 bridgehead atoms. The summed E-state index contributed by atoms with van der Waals surface area (Å²) < 4.78 is 44.4. The van der Waals surface area contributed by atoms with Gasteiger partial charge in [-0.2, -0.15) is 0 Å². The number of rotatable bonds is 6. The molecule has 3 N–H and O–H groups in total. The van der Waals surface area contributed by atoms with E-state index in [1.165, 1.54) is 0 Å². The van der Waals surface area contributed by atoms with Crippen molar-refractivity contribution in [1.29, 1.82) is 0 Å². The third-order valence-electron chi connectivity index (χ3n) is 5.86. The Morgan fingerprint density at radius 3 is 2.79 bits per heavy atom. The number of nitrogens with zero attached hydrogens (tertiary/aromatic N) is 1. The number of halogens is 2. The molecule has 0 radical (unpaired) electrons. The van der Waals surface area contributed by atoms with Crippen LogP contribution in [0.5, 0.6) is 0 Å². The summed E-state index contributed by atoms with van der Waals surface area (Å²) in [7, 11) is -1.78. The topological polar surface area (TPSA) is 99.8 Å². The predicted molar refractivity (Wildman–Crippen MR) is 104 cm³/mol. The first kappa shape index (κ1) is 22.2. The van der Waals surface area contributed by atoms with E-state index in [0.717, 1.165) is 26.1 Å². The molecule has 0 spiro atoms. The molecule has 11 heteroatoms. The zero-order valence-corrected chi connectivity index (χ0v) is 17.6. The Morgan fingerprint density at radius 1 is 1.36 bits per heavy atom. The molecule has 2 aliphatic heterocycles. The highest BCUT2D eigenvalue weighted by Gasteiger charge is 2.44. The first-order chi connectivity index (χ1) is 13.2. The fourth-order valence-electron chi connectivity index (χ4n) is 4.30. The van der Waals surface area contributed by atoms with E-state index in [2.05, 4.69) is 20.5 Å². The number of alkyl halides is 2. The summed E-state index contributed by atoms with van der Waals surface area (Å²) in [5, 5.41) is 2.59. The molecule has 0 aromatic rings. The number of hydrogen-bond acceptors (Lipinski definition) is 6. The van der Waals surface area contributed by atoms with E-state index in [9.17, 15) is 17.6 Å². The molecular weight excluding hydrogens is 411 g/mol. The predicted octanol–water partition coefficient (Wildman–Crippen LogP) is 0.339. The van der Waals surface area contributed by atoms with Gasteiger partial charge in [0.05, 0.1) is 23.2 Å². The van der Waals surface area contributed by atoms with E-state index >= 15 is 0 Å². The number of amides is 1. The molecule has 28 heavy (non-hydrogen) atoms. The Kier molecular flexibility index (Phi) is 7.54. The van der Waals surface area contributed by atoms with Crippen LogP contribution in [-0.4, -0.2) is 75.5 Å². The number of hydrogen-bond donors (Lipinski definition) is 3. The lowest BCUT2D eigenvalue weighted by Gasteiger charge is -2.37. The van der Waals surface area contributed by atoms with Crippen molar-refractivity contribution in [2.75, 3.05) is 32.6 Å². The van der Waals surface area contributed by atoms with Gasteiger partial charge < -0.3 is 4.74 Å². The minimum atomic E-state index is -3.76. The highest BCUT2D eigenvalue weighted by Crippen LogP contribution is 2.37. The van der Waals surface area contributed by atoms with Crippen LogP contribution in [0.4, 0.5) is 4.39 Å². The van der Waals surface area contributed by atoms with Gasteiger partial charge in [0, 0.05) is 25.9 Å². The molecule has 6 atom stereocenters. The summed E-state index contributed by atoms with van der Waals surface area (Å²) >= 11 is 6.18. The van der Waals surface area contributed by atoms with E-state index < -0.39 is 33.4 Å². The van der Waals surface area contributed by atoms with Crippen molar-refractivity contribution in [3.63, 3.8) is 0 Å². The van der Waals surface area contributed by atoms with Crippen LogP contribution in [0.25, 0.3) is 0 Å². The normalized spacial score (nSPS) is 37.7. The number of likely N-dealkylation sites (N-methyl/N-ethyl adjacent to an activating group) is 1. The second kappa shape index (κ2) is 9.53. The van der Waals surface area contributed by atoms with E-state index in [-0.39, 0.29) is 23.8 Å². The first-order valence-electron chi connectivity index (χ1n) is 9.86. The molecule has 3 rings (SSSR count). The molecule has 3 fully saturated rings. The highest BCUT2D eigenvalue weighted by molar-refractivity contribution is 7.89. The van der Waals surface area contributed by atoms with Crippen LogP contribution >= 0.6 is 11.6 Å². The minimum absolute atomic E-state index is 0.0578. The van der Waals surface area contributed by atoms with Crippen LogP contribution < -0.4 is 15.6 Å². The van der Waals surface area contributed by atoms with Gasteiger partial charge in [0.15, 0.2) is 0 Å². The van der Waals surface area contributed by atoms with Crippen LogP contribution in [-0.2, 0) is 19.6 Å². The van der Waals surface area contributed by atoms with Crippen molar-refractivity contribution in [3.05, 3.63) is 0 Å². The first-order valence-corrected chi connectivity index (χ1v) is 11.9. The summed E-state index contributed by atoms with van der Waals surface area (Å²) in [5.74, 6) is -1.83. The molecular formula is C17H30ClFN4O4S. The Morgan fingerprint density at radius 2 is 2.14 bits per heavy atom. The van der Waals surface area contributed by atoms with Crippen molar-refractivity contribution in [2.24, 2.45) is 11.8 Å². The molecule has 3 aliphatic rings. The Hall–Kier alpha value is -0.520. The van der Waals surface area contributed by atoms with Crippen LogP contribution in [0.1, 0.15) is 32.1 Å². The molecule has 6 unspecified atom stereocenters. The summed E-state index contributed by atoms with van der Waals surface area (Å²) in [5.41, 5.74) is 2.19. The molecule has 1 aliphatic carbocycles. The minimum Gasteiger partial charge on any atom is -0.377 e. The smallest absolute Gasteiger partial charge is 0.241 e. The molecule has 8 nitrogen and oxygen atoms in total. The maximum atomic E-state index is 14.6. The van der Waals surface area contributed by atoms with Crippen molar-refractivity contribution in [1.82, 2.24) is 20.5 Å². The third kappa shape index (κ3) is 5.76. The Balaban J connectivity index is 1.54. The van der Waals surface area contributed by atoms with Gasteiger partial charge in [-0.25, -0.2) is 12.8 Å².